The van der Waals surface area contributed by atoms with Crippen molar-refractivity contribution in [2.45, 2.75) is 17.9 Å². The highest BCUT2D eigenvalue weighted by atomic mass is 32.2. The molecule has 0 amide bonds. The van der Waals surface area contributed by atoms with E-state index in [1.807, 2.05) is 19.2 Å². The maximum Gasteiger partial charge on any atom is 0.0525 e. The van der Waals surface area contributed by atoms with Gasteiger partial charge in [0.15, 0.2) is 0 Å². The minimum Gasteiger partial charge on any atom is -0.396 e. The van der Waals surface area contributed by atoms with Gasteiger partial charge in [-0.3, -0.25) is 0 Å². The van der Waals surface area contributed by atoms with Gasteiger partial charge in [0.25, 0.3) is 0 Å². The number of hydrogen-bond donors (Lipinski definition) is 2. The minimum absolute atomic E-state index is 0.229. The molecule has 0 aliphatic heterocycles. The van der Waals surface area contributed by atoms with Crippen molar-refractivity contribution in [2.75, 3.05) is 19.4 Å². The zero-order valence-corrected chi connectivity index (χ0v) is 9.47. The Morgan fingerprint density at radius 2 is 2.14 bits per heavy atom. The molecule has 0 aliphatic carbocycles. The molecular formula is C11H17NOS. The van der Waals surface area contributed by atoms with Gasteiger partial charge in [0, 0.05) is 16.7 Å². The highest BCUT2D eigenvalue weighted by Gasteiger charge is 2.07. The van der Waals surface area contributed by atoms with Crippen molar-refractivity contribution in [3.05, 3.63) is 29.8 Å². The molecule has 1 atom stereocenters. The molecule has 0 heterocycles. The number of thioether (sulfide) groups is 1. The smallest absolute Gasteiger partial charge is 0.0525 e. The molecule has 1 aromatic carbocycles. The van der Waals surface area contributed by atoms with Gasteiger partial charge in [-0.05, 0) is 25.6 Å². The van der Waals surface area contributed by atoms with Gasteiger partial charge in [0.2, 0.25) is 0 Å². The quantitative estimate of drug-likeness (QED) is 0.731. The summed E-state index contributed by atoms with van der Waals surface area (Å²) in [5.74, 6) is 0.757. The second kappa shape index (κ2) is 6.06. The van der Waals surface area contributed by atoms with Gasteiger partial charge in [-0.15, -0.1) is 11.8 Å². The van der Waals surface area contributed by atoms with Crippen molar-refractivity contribution >= 4 is 11.8 Å². The first-order chi connectivity index (χ1) is 6.79. The van der Waals surface area contributed by atoms with E-state index in [1.165, 1.54) is 10.5 Å². The maximum absolute atomic E-state index is 8.78. The monoisotopic (exact) mass is 211 g/mol. The average Bonchev–Trinajstić information content (AvgIpc) is 2.25. The third-order valence-electron chi connectivity index (χ3n) is 2.17. The molecule has 2 nitrogen and oxygen atoms in total. The van der Waals surface area contributed by atoms with E-state index in [0.717, 1.165) is 5.75 Å². The summed E-state index contributed by atoms with van der Waals surface area (Å²) in [6, 6.07) is 8.67. The summed E-state index contributed by atoms with van der Waals surface area (Å²) in [6.45, 7) is 2.37. The molecule has 0 fully saturated rings. The van der Waals surface area contributed by atoms with Crippen LogP contribution in [0.2, 0.25) is 0 Å². The van der Waals surface area contributed by atoms with Crippen molar-refractivity contribution in [1.29, 1.82) is 0 Å². The first-order valence-corrected chi connectivity index (χ1v) is 5.78. The lowest BCUT2D eigenvalue weighted by Crippen LogP contribution is -2.13. The molecule has 3 heteroatoms. The fourth-order valence-corrected chi connectivity index (χ4v) is 2.18. The topological polar surface area (TPSA) is 32.3 Å². The molecule has 78 valence electrons. The van der Waals surface area contributed by atoms with E-state index in [0.29, 0.717) is 6.04 Å². The van der Waals surface area contributed by atoms with E-state index in [9.17, 15) is 0 Å². The lowest BCUT2D eigenvalue weighted by molar-refractivity contribution is 0.322. The highest BCUT2D eigenvalue weighted by molar-refractivity contribution is 7.99. The summed E-state index contributed by atoms with van der Waals surface area (Å²) in [6.07, 6.45) is 0. The lowest BCUT2D eigenvalue weighted by Gasteiger charge is -2.14. The number of hydrogen-bond acceptors (Lipinski definition) is 3. The molecule has 0 saturated carbocycles. The molecule has 0 aromatic heterocycles. The molecule has 2 N–H and O–H groups in total. The van der Waals surface area contributed by atoms with E-state index >= 15 is 0 Å². The summed E-state index contributed by atoms with van der Waals surface area (Å²) in [7, 11) is 1.96. The van der Waals surface area contributed by atoms with Crippen LogP contribution < -0.4 is 5.32 Å². The van der Waals surface area contributed by atoms with Crippen molar-refractivity contribution in [3.63, 3.8) is 0 Å². The Bertz CT molecular complexity index is 278. The molecule has 1 aromatic rings. The Kier molecular flexibility index (Phi) is 5.01. The van der Waals surface area contributed by atoms with E-state index in [2.05, 4.69) is 24.4 Å². The third-order valence-corrected chi connectivity index (χ3v) is 3.24. The van der Waals surface area contributed by atoms with Gasteiger partial charge in [-0.1, -0.05) is 18.2 Å². The van der Waals surface area contributed by atoms with Crippen LogP contribution in [0.4, 0.5) is 0 Å². The Hall–Kier alpha value is -0.510. The number of rotatable bonds is 5. The van der Waals surface area contributed by atoms with Crippen LogP contribution in [0.25, 0.3) is 0 Å². The summed E-state index contributed by atoms with van der Waals surface area (Å²) in [5, 5.41) is 12.0. The molecule has 1 rings (SSSR count). The van der Waals surface area contributed by atoms with Crippen LogP contribution in [0.5, 0.6) is 0 Å². The van der Waals surface area contributed by atoms with E-state index in [-0.39, 0.29) is 6.61 Å². The normalized spacial score (nSPS) is 12.8. The predicted octanol–water partition coefficient (Wildman–Crippen LogP) is 2.05. The molecule has 0 bridgehead atoms. The largest absolute Gasteiger partial charge is 0.396 e. The molecule has 1 unspecified atom stereocenters. The second-order valence-corrected chi connectivity index (χ2v) is 4.26. The van der Waals surface area contributed by atoms with E-state index in [1.54, 1.807) is 11.8 Å². The minimum atomic E-state index is 0.229. The van der Waals surface area contributed by atoms with Crippen molar-refractivity contribution in [3.8, 4) is 0 Å². The zero-order chi connectivity index (χ0) is 10.4. The van der Waals surface area contributed by atoms with Crippen LogP contribution in [0.3, 0.4) is 0 Å². The van der Waals surface area contributed by atoms with Gasteiger partial charge >= 0.3 is 0 Å². The Labute approximate surface area is 89.7 Å². The van der Waals surface area contributed by atoms with Crippen LogP contribution in [0, 0.1) is 0 Å². The Morgan fingerprint density at radius 1 is 1.43 bits per heavy atom. The summed E-state index contributed by atoms with van der Waals surface area (Å²) < 4.78 is 0. The standard InChI is InChI=1S/C11H17NOS/c1-9(12-2)10-5-3-4-6-11(10)14-8-7-13/h3-6,9,12-13H,7-8H2,1-2H3. The maximum atomic E-state index is 8.78. The summed E-state index contributed by atoms with van der Waals surface area (Å²) >= 11 is 1.70. The molecule has 0 radical (unpaired) electrons. The van der Waals surface area contributed by atoms with Gasteiger partial charge in [-0.2, -0.15) is 0 Å². The first-order valence-electron chi connectivity index (χ1n) is 4.79. The molecule has 0 saturated heterocycles. The van der Waals surface area contributed by atoms with Crippen molar-refractivity contribution in [1.82, 2.24) is 5.32 Å². The van der Waals surface area contributed by atoms with Crippen molar-refractivity contribution in [2.24, 2.45) is 0 Å². The summed E-state index contributed by atoms with van der Waals surface area (Å²) in [4.78, 5) is 1.25. The van der Waals surface area contributed by atoms with Crippen LogP contribution in [-0.4, -0.2) is 24.5 Å². The molecular weight excluding hydrogens is 194 g/mol. The van der Waals surface area contributed by atoms with Gasteiger partial charge in [0.05, 0.1) is 6.61 Å². The number of aliphatic hydroxyl groups is 1. The fourth-order valence-electron chi connectivity index (χ4n) is 1.28. The van der Waals surface area contributed by atoms with Crippen LogP contribution in [0.1, 0.15) is 18.5 Å². The van der Waals surface area contributed by atoms with Gasteiger partial charge in [-0.25, -0.2) is 0 Å². The van der Waals surface area contributed by atoms with E-state index in [4.69, 9.17) is 5.11 Å². The highest BCUT2D eigenvalue weighted by Crippen LogP contribution is 2.26. The molecule has 14 heavy (non-hydrogen) atoms. The molecule has 0 aliphatic rings. The van der Waals surface area contributed by atoms with Crippen LogP contribution in [0.15, 0.2) is 29.2 Å². The van der Waals surface area contributed by atoms with Crippen LogP contribution in [-0.2, 0) is 0 Å². The summed E-state index contributed by atoms with van der Waals surface area (Å²) in [5.41, 5.74) is 1.30. The van der Waals surface area contributed by atoms with Crippen molar-refractivity contribution < 1.29 is 5.11 Å². The lowest BCUT2D eigenvalue weighted by atomic mass is 10.1. The Balaban J connectivity index is 2.79. The third kappa shape index (κ3) is 3.01. The van der Waals surface area contributed by atoms with Gasteiger partial charge in [0.1, 0.15) is 0 Å². The second-order valence-electron chi connectivity index (χ2n) is 3.12. The fraction of sp³-hybridized carbons (Fsp3) is 0.455. The number of benzene rings is 1. The SMILES string of the molecule is CNC(C)c1ccccc1SCCO. The van der Waals surface area contributed by atoms with Crippen LogP contribution >= 0.6 is 11.8 Å². The predicted molar refractivity (Wildman–Crippen MR) is 61.7 cm³/mol. The van der Waals surface area contributed by atoms with E-state index < -0.39 is 0 Å². The zero-order valence-electron chi connectivity index (χ0n) is 8.66. The number of aliphatic hydroxyl groups excluding tert-OH is 1. The average molecular weight is 211 g/mol. The van der Waals surface area contributed by atoms with Gasteiger partial charge < -0.3 is 10.4 Å². The number of nitrogens with one attached hydrogen (secondary N) is 1. The Morgan fingerprint density at radius 3 is 2.79 bits per heavy atom. The molecule has 0 spiro atoms. The first kappa shape index (κ1) is 11.6.